The van der Waals surface area contributed by atoms with Crippen molar-refractivity contribution in [3.05, 3.63) is 30.2 Å². The van der Waals surface area contributed by atoms with Crippen LogP contribution in [0.2, 0.25) is 0 Å². The molecule has 2 aromatic rings. The van der Waals surface area contributed by atoms with Gasteiger partial charge in [0.15, 0.2) is 11.5 Å². The van der Waals surface area contributed by atoms with Crippen LogP contribution in [-0.4, -0.2) is 47.3 Å². The number of aromatic nitrogens is 3. The van der Waals surface area contributed by atoms with Crippen molar-refractivity contribution in [2.45, 2.75) is 35.0 Å². The molecule has 11 heteroatoms. The van der Waals surface area contributed by atoms with Gasteiger partial charge in [0, 0.05) is 35.6 Å². The molecule has 0 bridgehead atoms. The van der Waals surface area contributed by atoms with Gasteiger partial charge in [0.05, 0.1) is 19.4 Å². The van der Waals surface area contributed by atoms with Gasteiger partial charge in [0.2, 0.25) is 0 Å². The summed E-state index contributed by atoms with van der Waals surface area (Å²) in [6.07, 6.45) is -0.130. The minimum Gasteiger partial charge on any atom is -0.381 e. The lowest BCUT2D eigenvalue weighted by Crippen LogP contribution is -2.49. The van der Waals surface area contributed by atoms with Gasteiger partial charge in [0.25, 0.3) is 0 Å². The fourth-order valence-corrected chi connectivity index (χ4v) is 4.65. The number of nitrogens with two attached hydrogens (primary N) is 2. The van der Waals surface area contributed by atoms with E-state index >= 15 is 0 Å². The molecule has 2 saturated heterocycles. The first-order chi connectivity index (χ1) is 13.8. The molecule has 0 radical (unpaired) electrons. The quantitative estimate of drug-likeness (QED) is 0.772. The maximum atomic E-state index is 13.1. The second-order valence-electron chi connectivity index (χ2n) is 7.34. The standard InChI is InChI=1S/C18H21F3N6OS/c19-18(20,21)14-11(2-1-5-24-14)29-16-15(23)26-13(8-25-16)27-6-3-17(4-7-27)10-28-9-12(17)22/h1-2,5,8,12H,3-4,6-7,9-10,22H2,(H2,23,26). The number of hydrogen-bond donors (Lipinski definition) is 2. The summed E-state index contributed by atoms with van der Waals surface area (Å²) in [5.41, 5.74) is 11.3. The second-order valence-corrected chi connectivity index (χ2v) is 8.37. The fourth-order valence-electron chi connectivity index (χ4n) is 3.77. The van der Waals surface area contributed by atoms with Gasteiger partial charge in [-0.25, -0.2) is 9.97 Å². The van der Waals surface area contributed by atoms with Crippen LogP contribution in [0, 0.1) is 5.41 Å². The van der Waals surface area contributed by atoms with Crippen LogP contribution in [-0.2, 0) is 10.9 Å². The van der Waals surface area contributed by atoms with Crippen molar-refractivity contribution in [3.63, 3.8) is 0 Å². The molecule has 1 atom stereocenters. The Balaban J connectivity index is 1.48. The van der Waals surface area contributed by atoms with Crippen LogP contribution >= 0.6 is 11.8 Å². The summed E-state index contributed by atoms with van der Waals surface area (Å²) in [6, 6.07) is 2.82. The van der Waals surface area contributed by atoms with Gasteiger partial charge in [-0.3, -0.25) is 4.98 Å². The molecule has 0 saturated carbocycles. The first-order valence-corrected chi connectivity index (χ1v) is 10.0. The van der Waals surface area contributed by atoms with Crippen LogP contribution in [0.25, 0.3) is 0 Å². The Labute approximate surface area is 170 Å². The highest BCUT2D eigenvalue weighted by atomic mass is 32.2. The number of anilines is 2. The highest BCUT2D eigenvalue weighted by Crippen LogP contribution is 2.41. The largest absolute Gasteiger partial charge is 0.434 e. The Morgan fingerprint density at radius 3 is 2.62 bits per heavy atom. The zero-order valence-corrected chi connectivity index (χ0v) is 16.3. The van der Waals surface area contributed by atoms with Crippen LogP contribution in [0.1, 0.15) is 18.5 Å². The summed E-state index contributed by atoms with van der Waals surface area (Å²) >= 11 is 0.806. The van der Waals surface area contributed by atoms with E-state index in [2.05, 4.69) is 19.9 Å². The van der Waals surface area contributed by atoms with Gasteiger partial charge < -0.3 is 21.1 Å². The molecular weight excluding hydrogens is 405 g/mol. The second kappa shape index (κ2) is 7.62. The highest BCUT2D eigenvalue weighted by molar-refractivity contribution is 7.99. The van der Waals surface area contributed by atoms with Crippen molar-refractivity contribution in [2.75, 3.05) is 36.9 Å². The number of nitrogen functional groups attached to an aromatic ring is 1. The van der Waals surface area contributed by atoms with E-state index < -0.39 is 11.9 Å². The molecule has 0 amide bonds. The maximum Gasteiger partial charge on any atom is 0.434 e. The monoisotopic (exact) mass is 426 g/mol. The summed E-state index contributed by atoms with van der Waals surface area (Å²) in [5.74, 6) is 0.696. The van der Waals surface area contributed by atoms with Gasteiger partial charge >= 0.3 is 6.18 Å². The molecule has 156 valence electrons. The fraction of sp³-hybridized carbons (Fsp3) is 0.500. The summed E-state index contributed by atoms with van der Waals surface area (Å²) in [4.78, 5) is 14.1. The number of piperidine rings is 1. The normalized spacial score (nSPS) is 21.7. The number of rotatable bonds is 3. The third-order valence-corrected chi connectivity index (χ3v) is 6.61. The molecule has 0 aliphatic carbocycles. The Morgan fingerprint density at radius 2 is 2.00 bits per heavy atom. The van der Waals surface area contributed by atoms with Crippen molar-refractivity contribution in [1.29, 1.82) is 0 Å². The van der Waals surface area contributed by atoms with Gasteiger partial charge in [-0.2, -0.15) is 13.2 Å². The van der Waals surface area contributed by atoms with Crippen LogP contribution < -0.4 is 16.4 Å². The first kappa shape index (κ1) is 20.2. The first-order valence-electron chi connectivity index (χ1n) is 9.19. The minimum atomic E-state index is -4.56. The summed E-state index contributed by atoms with van der Waals surface area (Å²) in [6.45, 7) is 2.77. The molecule has 4 heterocycles. The minimum absolute atomic E-state index is 0.0135. The lowest BCUT2D eigenvalue weighted by molar-refractivity contribution is -0.143. The third-order valence-electron chi connectivity index (χ3n) is 5.55. The van der Waals surface area contributed by atoms with Crippen molar-refractivity contribution in [1.82, 2.24) is 15.0 Å². The van der Waals surface area contributed by atoms with Crippen molar-refractivity contribution < 1.29 is 17.9 Å². The SMILES string of the molecule is Nc1nc(N2CCC3(CC2)COCC3N)cnc1Sc1cccnc1C(F)(F)F. The summed E-state index contributed by atoms with van der Waals surface area (Å²) in [5, 5.41) is 0.215. The molecule has 1 spiro atoms. The van der Waals surface area contributed by atoms with E-state index in [-0.39, 0.29) is 27.2 Å². The summed E-state index contributed by atoms with van der Waals surface area (Å²) < 4.78 is 45.0. The van der Waals surface area contributed by atoms with E-state index in [1.807, 2.05) is 0 Å². The third kappa shape index (κ3) is 3.99. The highest BCUT2D eigenvalue weighted by Gasteiger charge is 2.44. The molecule has 4 N–H and O–H groups in total. The molecule has 0 aromatic carbocycles. The lowest BCUT2D eigenvalue weighted by Gasteiger charge is -2.41. The topological polar surface area (TPSA) is 103 Å². The number of nitrogens with zero attached hydrogens (tertiary/aromatic N) is 4. The molecule has 4 rings (SSSR count). The lowest BCUT2D eigenvalue weighted by atomic mass is 9.75. The Bertz CT molecular complexity index is 888. The van der Waals surface area contributed by atoms with Crippen molar-refractivity contribution in [2.24, 2.45) is 11.1 Å². The van der Waals surface area contributed by atoms with Crippen LogP contribution in [0.3, 0.4) is 0 Å². The van der Waals surface area contributed by atoms with E-state index in [1.165, 1.54) is 12.1 Å². The molecule has 2 aromatic heterocycles. The Hall–Kier alpha value is -2.11. The predicted octanol–water partition coefficient (Wildman–Crippen LogP) is 2.57. The molecular formula is C18H21F3N6OS. The van der Waals surface area contributed by atoms with Crippen LogP contribution in [0.5, 0.6) is 0 Å². The number of hydrogen-bond acceptors (Lipinski definition) is 8. The number of pyridine rings is 1. The summed E-state index contributed by atoms with van der Waals surface area (Å²) in [7, 11) is 0. The van der Waals surface area contributed by atoms with E-state index in [1.54, 1.807) is 6.20 Å². The van der Waals surface area contributed by atoms with Crippen molar-refractivity contribution >= 4 is 23.4 Å². The van der Waals surface area contributed by atoms with Crippen LogP contribution in [0.4, 0.5) is 24.8 Å². The number of halogens is 3. The molecule has 2 aliphatic rings. The van der Waals surface area contributed by atoms with Gasteiger partial charge in [0.1, 0.15) is 10.8 Å². The van der Waals surface area contributed by atoms with Crippen LogP contribution in [0.15, 0.2) is 34.4 Å². The van der Waals surface area contributed by atoms with E-state index in [9.17, 15) is 13.2 Å². The average Bonchev–Trinajstić information content (AvgIpc) is 3.03. The molecule has 1 unspecified atom stereocenters. The average molecular weight is 426 g/mol. The zero-order chi connectivity index (χ0) is 20.6. The van der Waals surface area contributed by atoms with Gasteiger partial charge in [-0.1, -0.05) is 11.8 Å². The number of ether oxygens (including phenoxy) is 1. The van der Waals surface area contributed by atoms with Gasteiger partial charge in [-0.05, 0) is 25.0 Å². The Morgan fingerprint density at radius 1 is 1.24 bits per heavy atom. The van der Waals surface area contributed by atoms with E-state index in [0.29, 0.717) is 19.0 Å². The Kier molecular flexibility index (Phi) is 5.30. The molecule has 29 heavy (non-hydrogen) atoms. The van der Waals surface area contributed by atoms with Gasteiger partial charge in [-0.15, -0.1) is 0 Å². The number of alkyl halides is 3. The van der Waals surface area contributed by atoms with Crippen molar-refractivity contribution in [3.8, 4) is 0 Å². The zero-order valence-electron chi connectivity index (χ0n) is 15.5. The smallest absolute Gasteiger partial charge is 0.381 e. The predicted molar refractivity (Wildman–Crippen MR) is 102 cm³/mol. The molecule has 7 nitrogen and oxygen atoms in total. The molecule has 2 aliphatic heterocycles. The van der Waals surface area contributed by atoms with E-state index in [4.69, 9.17) is 16.2 Å². The van der Waals surface area contributed by atoms with E-state index in [0.717, 1.165) is 43.9 Å². The maximum absolute atomic E-state index is 13.1. The molecule has 2 fully saturated rings.